The van der Waals surface area contributed by atoms with Crippen LogP contribution in [0.15, 0.2) is 18.2 Å². The number of rotatable bonds is 4. The molecule has 0 aliphatic heterocycles. The Morgan fingerprint density at radius 1 is 1.19 bits per heavy atom. The summed E-state index contributed by atoms with van der Waals surface area (Å²) in [6, 6.07) is 6.56. The number of hydrogen-bond acceptors (Lipinski definition) is 1. The highest BCUT2D eigenvalue weighted by atomic mass is 16.5. The van der Waals surface area contributed by atoms with Crippen LogP contribution in [0.1, 0.15) is 45.2 Å². The van der Waals surface area contributed by atoms with Gasteiger partial charge in [0.15, 0.2) is 0 Å². The standard InChI is InChI=1S/C15H24O/c1-6-13-11-12(7-8-14(13)16-5)9-10-15(2,3)4/h7-8,11H,6,9-10H2,1-5H3. The molecule has 0 unspecified atom stereocenters. The molecule has 1 nitrogen and oxygen atoms in total. The molecule has 16 heavy (non-hydrogen) atoms. The van der Waals surface area contributed by atoms with Gasteiger partial charge in [-0.25, -0.2) is 0 Å². The minimum Gasteiger partial charge on any atom is -0.496 e. The van der Waals surface area contributed by atoms with Crippen LogP contribution in [0.2, 0.25) is 0 Å². The Kier molecular flexibility index (Phi) is 4.40. The lowest BCUT2D eigenvalue weighted by atomic mass is 9.88. The molecule has 90 valence electrons. The van der Waals surface area contributed by atoms with E-state index in [-0.39, 0.29) is 0 Å². The highest BCUT2D eigenvalue weighted by molar-refractivity contribution is 5.37. The largest absolute Gasteiger partial charge is 0.496 e. The van der Waals surface area contributed by atoms with Crippen molar-refractivity contribution < 1.29 is 4.74 Å². The molecular weight excluding hydrogens is 196 g/mol. The van der Waals surface area contributed by atoms with E-state index in [0.717, 1.165) is 18.6 Å². The van der Waals surface area contributed by atoms with Crippen molar-refractivity contribution in [2.45, 2.75) is 47.0 Å². The van der Waals surface area contributed by atoms with Gasteiger partial charge in [-0.1, -0.05) is 39.8 Å². The van der Waals surface area contributed by atoms with E-state index >= 15 is 0 Å². The molecule has 0 spiro atoms. The number of ether oxygens (including phenoxy) is 1. The summed E-state index contributed by atoms with van der Waals surface area (Å²) in [4.78, 5) is 0. The minimum atomic E-state index is 0.409. The summed E-state index contributed by atoms with van der Waals surface area (Å²) in [6.45, 7) is 9.04. The fourth-order valence-electron chi connectivity index (χ4n) is 1.78. The molecule has 0 saturated carbocycles. The highest BCUT2D eigenvalue weighted by Gasteiger charge is 2.10. The summed E-state index contributed by atoms with van der Waals surface area (Å²) in [5, 5.41) is 0. The highest BCUT2D eigenvalue weighted by Crippen LogP contribution is 2.25. The molecule has 0 N–H and O–H groups in total. The van der Waals surface area contributed by atoms with Gasteiger partial charge < -0.3 is 4.74 Å². The van der Waals surface area contributed by atoms with E-state index in [1.165, 1.54) is 17.5 Å². The van der Waals surface area contributed by atoms with E-state index < -0.39 is 0 Å². The molecule has 1 aromatic carbocycles. The maximum atomic E-state index is 5.34. The van der Waals surface area contributed by atoms with Crippen molar-refractivity contribution in [3.63, 3.8) is 0 Å². The summed E-state index contributed by atoms with van der Waals surface area (Å²) >= 11 is 0. The SMILES string of the molecule is CCc1cc(CCC(C)(C)C)ccc1OC. The fourth-order valence-corrected chi connectivity index (χ4v) is 1.78. The third-order valence-corrected chi connectivity index (χ3v) is 2.89. The molecule has 0 bridgehead atoms. The van der Waals surface area contributed by atoms with Crippen LogP contribution in [0.5, 0.6) is 5.75 Å². The number of methoxy groups -OCH3 is 1. The van der Waals surface area contributed by atoms with E-state index in [2.05, 4.69) is 45.9 Å². The zero-order valence-corrected chi connectivity index (χ0v) is 11.3. The van der Waals surface area contributed by atoms with Crippen molar-refractivity contribution in [3.8, 4) is 5.75 Å². The second-order valence-electron chi connectivity index (χ2n) is 5.56. The van der Waals surface area contributed by atoms with Crippen LogP contribution in [0.3, 0.4) is 0 Å². The molecule has 1 heteroatoms. The Bertz CT molecular complexity index is 334. The van der Waals surface area contributed by atoms with Crippen LogP contribution in [0.25, 0.3) is 0 Å². The molecule has 0 amide bonds. The van der Waals surface area contributed by atoms with Gasteiger partial charge in [-0.2, -0.15) is 0 Å². The molecule has 0 heterocycles. The molecule has 0 fully saturated rings. The monoisotopic (exact) mass is 220 g/mol. The summed E-state index contributed by atoms with van der Waals surface area (Å²) in [5.41, 5.74) is 3.15. The zero-order valence-electron chi connectivity index (χ0n) is 11.3. The Hall–Kier alpha value is -0.980. The van der Waals surface area contributed by atoms with Crippen LogP contribution >= 0.6 is 0 Å². The molecule has 0 atom stereocenters. The van der Waals surface area contributed by atoms with Gasteiger partial charge in [0.2, 0.25) is 0 Å². The van der Waals surface area contributed by atoms with E-state index in [4.69, 9.17) is 4.74 Å². The summed E-state index contributed by atoms with van der Waals surface area (Å²) in [7, 11) is 1.74. The fraction of sp³-hybridized carbons (Fsp3) is 0.600. The average molecular weight is 220 g/mol. The maximum Gasteiger partial charge on any atom is 0.122 e. The van der Waals surface area contributed by atoms with Crippen molar-refractivity contribution in [1.29, 1.82) is 0 Å². The molecule has 0 saturated heterocycles. The number of benzene rings is 1. The molecule has 0 aliphatic rings. The van der Waals surface area contributed by atoms with Crippen molar-refractivity contribution in [1.82, 2.24) is 0 Å². The predicted octanol–water partition coefficient (Wildman–Crippen LogP) is 4.24. The van der Waals surface area contributed by atoms with E-state index in [0.29, 0.717) is 5.41 Å². The van der Waals surface area contributed by atoms with Gasteiger partial charge in [-0.3, -0.25) is 0 Å². The van der Waals surface area contributed by atoms with Gasteiger partial charge in [0, 0.05) is 0 Å². The normalized spacial score (nSPS) is 11.6. The number of hydrogen-bond donors (Lipinski definition) is 0. The van der Waals surface area contributed by atoms with Crippen LogP contribution in [-0.2, 0) is 12.8 Å². The quantitative estimate of drug-likeness (QED) is 0.737. The van der Waals surface area contributed by atoms with Crippen LogP contribution in [0, 0.1) is 5.41 Å². The van der Waals surface area contributed by atoms with Crippen molar-refractivity contribution in [3.05, 3.63) is 29.3 Å². The zero-order chi connectivity index (χ0) is 12.2. The van der Waals surface area contributed by atoms with Gasteiger partial charge in [-0.05, 0) is 41.9 Å². The van der Waals surface area contributed by atoms with E-state index in [1.807, 2.05) is 0 Å². The van der Waals surface area contributed by atoms with Gasteiger partial charge in [0.1, 0.15) is 5.75 Å². The lowest BCUT2D eigenvalue weighted by molar-refractivity contribution is 0.378. The topological polar surface area (TPSA) is 9.23 Å². The van der Waals surface area contributed by atoms with Crippen LogP contribution < -0.4 is 4.74 Å². The van der Waals surface area contributed by atoms with E-state index in [9.17, 15) is 0 Å². The van der Waals surface area contributed by atoms with Crippen molar-refractivity contribution in [2.24, 2.45) is 5.41 Å². The first-order valence-corrected chi connectivity index (χ1v) is 6.12. The smallest absolute Gasteiger partial charge is 0.122 e. The summed E-state index contributed by atoms with van der Waals surface area (Å²) in [5.74, 6) is 1.02. The van der Waals surface area contributed by atoms with Gasteiger partial charge in [-0.15, -0.1) is 0 Å². The van der Waals surface area contributed by atoms with Gasteiger partial charge in [0.25, 0.3) is 0 Å². The van der Waals surface area contributed by atoms with Crippen LogP contribution in [0.4, 0.5) is 0 Å². The first-order chi connectivity index (χ1) is 7.46. The Labute approximate surface area is 99.8 Å². The van der Waals surface area contributed by atoms with E-state index in [1.54, 1.807) is 7.11 Å². The molecular formula is C15H24O. The lowest BCUT2D eigenvalue weighted by Gasteiger charge is -2.18. The Morgan fingerprint density at radius 3 is 2.38 bits per heavy atom. The Morgan fingerprint density at radius 2 is 1.88 bits per heavy atom. The van der Waals surface area contributed by atoms with Crippen molar-refractivity contribution in [2.75, 3.05) is 7.11 Å². The maximum absolute atomic E-state index is 5.34. The first-order valence-electron chi connectivity index (χ1n) is 6.12. The molecule has 0 radical (unpaired) electrons. The summed E-state index contributed by atoms with van der Waals surface area (Å²) < 4.78 is 5.34. The predicted molar refractivity (Wildman–Crippen MR) is 70.1 cm³/mol. The van der Waals surface area contributed by atoms with Gasteiger partial charge in [0.05, 0.1) is 7.11 Å². The minimum absolute atomic E-state index is 0.409. The third kappa shape index (κ3) is 3.88. The second-order valence-corrected chi connectivity index (χ2v) is 5.56. The third-order valence-electron chi connectivity index (χ3n) is 2.89. The molecule has 0 aromatic heterocycles. The molecule has 1 aromatic rings. The first kappa shape index (κ1) is 13.1. The average Bonchev–Trinajstić information content (AvgIpc) is 2.25. The van der Waals surface area contributed by atoms with Crippen LogP contribution in [-0.4, -0.2) is 7.11 Å². The summed E-state index contributed by atoms with van der Waals surface area (Å²) in [6.07, 6.45) is 3.41. The second kappa shape index (κ2) is 5.38. The van der Waals surface area contributed by atoms with Gasteiger partial charge >= 0.3 is 0 Å². The molecule has 0 aliphatic carbocycles. The van der Waals surface area contributed by atoms with Crippen molar-refractivity contribution >= 4 is 0 Å². The molecule has 1 rings (SSSR count). The lowest BCUT2D eigenvalue weighted by Crippen LogP contribution is -2.06. The Balaban J connectivity index is 2.75. The number of aryl methyl sites for hydroxylation is 2.